The average Bonchev–Trinajstić information content (AvgIpc) is 3.35. The summed E-state index contributed by atoms with van der Waals surface area (Å²) in [5.41, 5.74) is 4.57. The maximum Gasteiger partial charge on any atom is 0.326 e. The van der Waals surface area contributed by atoms with Crippen molar-refractivity contribution in [1.29, 1.82) is 0 Å². The minimum atomic E-state index is -1.00. The first kappa shape index (κ1) is 34.5. The Hall–Kier alpha value is -2.00. The zero-order chi connectivity index (χ0) is 29.2. The minimum absolute atomic E-state index is 0. The van der Waals surface area contributed by atoms with Gasteiger partial charge in [-0.05, 0) is 90.7 Å². The number of methoxy groups -OCH3 is 1. The van der Waals surface area contributed by atoms with Crippen molar-refractivity contribution in [3.63, 3.8) is 0 Å². The standard InChI is InChI=1S/C33H46N2O4S2.CH4/c1-23-9-7-8-12-28(23)30-17-25(13-14-29(30)32(36)34-31(33(37)38)15-16-40-3)19-35-20-27(18-26(35)21-39-2)41-22-24-10-5-4-6-11-24;/h7-9,12-14,17,24,26-27,31H,4-6,10-11,15-16,18-22H2,1-3H3,(H,34,36)(H,37,38);1H4/t26-,27+,31-;/m0./s1. The number of thioether (sulfide) groups is 2. The Morgan fingerprint density at radius 3 is 2.57 bits per heavy atom. The van der Waals surface area contributed by atoms with Crippen LogP contribution in [0.25, 0.3) is 11.1 Å². The molecule has 1 aliphatic carbocycles. The van der Waals surface area contributed by atoms with Crippen LogP contribution in [0.1, 0.15) is 73.9 Å². The van der Waals surface area contributed by atoms with Crippen LogP contribution in [-0.4, -0.2) is 77.2 Å². The smallest absolute Gasteiger partial charge is 0.326 e. The van der Waals surface area contributed by atoms with Gasteiger partial charge < -0.3 is 15.2 Å². The van der Waals surface area contributed by atoms with E-state index < -0.39 is 12.0 Å². The fourth-order valence-electron chi connectivity index (χ4n) is 6.19. The lowest BCUT2D eigenvalue weighted by molar-refractivity contribution is -0.139. The summed E-state index contributed by atoms with van der Waals surface area (Å²) in [5, 5.41) is 13.1. The summed E-state index contributed by atoms with van der Waals surface area (Å²) in [7, 11) is 1.79. The van der Waals surface area contributed by atoms with Gasteiger partial charge in [0.1, 0.15) is 6.04 Å². The van der Waals surface area contributed by atoms with E-state index in [9.17, 15) is 14.7 Å². The first-order valence-corrected chi connectivity index (χ1v) is 17.4. The number of carbonyl (C=O) groups is 2. The monoisotopic (exact) mass is 614 g/mol. The predicted octanol–water partition coefficient (Wildman–Crippen LogP) is 7.14. The van der Waals surface area contributed by atoms with Gasteiger partial charge in [0.05, 0.1) is 6.61 Å². The first-order valence-electron chi connectivity index (χ1n) is 15.0. The van der Waals surface area contributed by atoms with Crippen molar-refractivity contribution < 1.29 is 19.4 Å². The quantitative estimate of drug-likeness (QED) is 0.234. The van der Waals surface area contributed by atoms with Gasteiger partial charge >= 0.3 is 5.97 Å². The molecule has 1 saturated carbocycles. The summed E-state index contributed by atoms with van der Waals surface area (Å²) < 4.78 is 5.63. The molecule has 2 aliphatic rings. The first-order chi connectivity index (χ1) is 19.9. The number of carbonyl (C=O) groups excluding carboxylic acids is 1. The summed E-state index contributed by atoms with van der Waals surface area (Å²) in [6, 6.07) is 13.6. The molecule has 1 aliphatic heterocycles. The molecule has 0 unspecified atom stereocenters. The highest BCUT2D eigenvalue weighted by atomic mass is 32.2. The Morgan fingerprint density at radius 2 is 1.88 bits per heavy atom. The molecule has 2 fully saturated rings. The molecule has 1 saturated heterocycles. The summed E-state index contributed by atoms with van der Waals surface area (Å²) >= 11 is 3.73. The average molecular weight is 615 g/mol. The van der Waals surface area contributed by atoms with Crippen molar-refractivity contribution in [1.82, 2.24) is 10.2 Å². The Labute approximate surface area is 261 Å². The second kappa shape index (κ2) is 17.3. The third kappa shape index (κ3) is 9.50. The van der Waals surface area contributed by atoms with E-state index in [-0.39, 0.29) is 13.3 Å². The molecule has 2 aromatic rings. The van der Waals surface area contributed by atoms with E-state index in [1.165, 1.54) is 37.9 Å². The Kier molecular flexibility index (Phi) is 14.2. The van der Waals surface area contributed by atoms with Crippen LogP contribution in [0.3, 0.4) is 0 Å². The van der Waals surface area contributed by atoms with Crippen LogP contribution in [0.15, 0.2) is 42.5 Å². The summed E-state index contributed by atoms with van der Waals surface area (Å²) in [5.74, 6) is 1.46. The lowest BCUT2D eigenvalue weighted by Crippen LogP contribution is -2.41. The number of carboxylic acid groups (broad SMARTS) is 1. The normalized spacial score (nSPS) is 20.2. The van der Waals surface area contributed by atoms with E-state index in [1.807, 2.05) is 49.6 Å². The van der Waals surface area contributed by atoms with Gasteiger partial charge in [0.25, 0.3) is 5.91 Å². The fourth-order valence-corrected chi connectivity index (χ4v) is 8.20. The van der Waals surface area contributed by atoms with E-state index in [4.69, 9.17) is 4.74 Å². The van der Waals surface area contributed by atoms with Crippen LogP contribution in [0.5, 0.6) is 0 Å². The zero-order valence-electron chi connectivity index (χ0n) is 24.8. The molecule has 42 heavy (non-hydrogen) atoms. The highest BCUT2D eigenvalue weighted by molar-refractivity contribution is 8.00. The number of benzene rings is 2. The van der Waals surface area contributed by atoms with Crippen molar-refractivity contribution in [3.05, 3.63) is 59.2 Å². The summed E-state index contributed by atoms with van der Waals surface area (Å²) in [6.45, 7) is 4.60. The third-order valence-corrected chi connectivity index (χ3v) is 10.6. The molecule has 2 N–H and O–H groups in total. The van der Waals surface area contributed by atoms with E-state index >= 15 is 0 Å². The molecule has 2 aromatic carbocycles. The highest BCUT2D eigenvalue weighted by Gasteiger charge is 2.33. The molecule has 1 heterocycles. The van der Waals surface area contributed by atoms with Crippen molar-refractivity contribution in [3.8, 4) is 11.1 Å². The number of aliphatic carboxylic acids is 1. The molecule has 0 radical (unpaired) electrons. The largest absolute Gasteiger partial charge is 0.480 e. The van der Waals surface area contributed by atoms with Gasteiger partial charge in [-0.1, -0.05) is 57.0 Å². The molecule has 1 amide bonds. The zero-order valence-corrected chi connectivity index (χ0v) is 26.4. The molecule has 4 rings (SSSR count). The number of carboxylic acids is 1. The lowest BCUT2D eigenvalue weighted by atomic mass is 9.91. The van der Waals surface area contributed by atoms with Crippen molar-refractivity contribution in [2.24, 2.45) is 5.92 Å². The number of aryl methyl sites for hydroxylation is 1. The van der Waals surface area contributed by atoms with Crippen LogP contribution in [0.2, 0.25) is 0 Å². The van der Waals surface area contributed by atoms with Crippen LogP contribution in [0.4, 0.5) is 0 Å². The number of nitrogens with one attached hydrogen (secondary N) is 1. The summed E-state index contributed by atoms with van der Waals surface area (Å²) in [4.78, 5) is 27.8. The maximum absolute atomic E-state index is 13.5. The fraction of sp³-hybridized carbons (Fsp3) is 0.588. The van der Waals surface area contributed by atoms with E-state index in [2.05, 4.69) is 28.0 Å². The highest BCUT2D eigenvalue weighted by Crippen LogP contribution is 2.35. The minimum Gasteiger partial charge on any atom is -0.480 e. The second-order valence-corrected chi connectivity index (χ2v) is 13.9. The molecular formula is C34H50N2O4S2. The number of hydrogen-bond donors (Lipinski definition) is 2. The Morgan fingerprint density at radius 1 is 1.12 bits per heavy atom. The number of ether oxygens (including phenoxy) is 1. The molecule has 0 bridgehead atoms. The molecule has 3 atom stereocenters. The lowest BCUT2D eigenvalue weighted by Gasteiger charge is -2.25. The molecule has 0 spiro atoms. The molecule has 8 heteroatoms. The van der Waals surface area contributed by atoms with Crippen LogP contribution in [0, 0.1) is 12.8 Å². The number of rotatable bonds is 14. The second-order valence-electron chi connectivity index (χ2n) is 11.6. The topological polar surface area (TPSA) is 78.9 Å². The van der Waals surface area contributed by atoms with Gasteiger partial charge in [-0.25, -0.2) is 4.79 Å². The van der Waals surface area contributed by atoms with Crippen LogP contribution < -0.4 is 5.32 Å². The molecule has 6 nitrogen and oxygen atoms in total. The van der Waals surface area contributed by atoms with E-state index in [0.717, 1.165) is 54.3 Å². The summed E-state index contributed by atoms with van der Waals surface area (Å²) in [6.07, 6.45) is 10.4. The van der Waals surface area contributed by atoms with Gasteiger partial charge in [-0.2, -0.15) is 23.5 Å². The number of nitrogens with zero attached hydrogens (tertiary/aromatic N) is 1. The van der Waals surface area contributed by atoms with Crippen LogP contribution in [-0.2, 0) is 16.1 Å². The molecular weight excluding hydrogens is 565 g/mol. The van der Waals surface area contributed by atoms with Crippen molar-refractivity contribution in [2.75, 3.05) is 38.0 Å². The Bertz CT molecular complexity index is 1150. The van der Waals surface area contributed by atoms with Crippen molar-refractivity contribution >= 4 is 35.4 Å². The van der Waals surface area contributed by atoms with Gasteiger partial charge in [0.15, 0.2) is 0 Å². The van der Waals surface area contributed by atoms with Gasteiger partial charge in [-0.15, -0.1) is 0 Å². The predicted molar refractivity (Wildman–Crippen MR) is 179 cm³/mol. The SMILES string of the molecule is C.COC[C@@H]1C[C@@H](SCC2CCCCC2)CN1Cc1ccc(C(=O)N[C@@H](CCSC)C(=O)O)c(-c2ccccc2C)c1. The van der Waals surface area contributed by atoms with Gasteiger partial charge in [0.2, 0.25) is 0 Å². The van der Waals surface area contributed by atoms with Crippen molar-refractivity contribution in [2.45, 2.75) is 83.2 Å². The number of hydrogen-bond acceptors (Lipinski definition) is 6. The molecule has 232 valence electrons. The van der Waals surface area contributed by atoms with Gasteiger partial charge in [0, 0.05) is 37.1 Å². The molecule has 0 aromatic heterocycles. The van der Waals surface area contributed by atoms with E-state index in [1.54, 1.807) is 18.9 Å². The number of likely N-dealkylation sites (tertiary alicyclic amines) is 1. The third-order valence-electron chi connectivity index (χ3n) is 8.50. The van der Waals surface area contributed by atoms with Gasteiger partial charge in [-0.3, -0.25) is 9.69 Å². The Balaban J connectivity index is 0.00000484. The maximum atomic E-state index is 13.5. The number of amides is 1. The van der Waals surface area contributed by atoms with Crippen LogP contribution >= 0.6 is 23.5 Å². The van der Waals surface area contributed by atoms with E-state index in [0.29, 0.717) is 29.0 Å².